The van der Waals surface area contributed by atoms with E-state index in [-0.39, 0.29) is 5.91 Å². The number of nitrogens with zero attached hydrogens (tertiary/aromatic N) is 5. The molecule has 1 N–H and O–H groups in total. The Balaban J connectivity index is 1.69. The summed E-state index contributed by atoms with van der Waals surface area (Å²) >= 11 is 0. The molecule has 142 valence electrons. The van der Waals surface area contributed by atoms with E-state index in [2.05, 4.69) is 21.4 Å². The summed E-state index contributed by atoms with van der Waals surface area (Å²) in [6, 6.07) is 9.72. The molecule has 0 spiro atoms. The van der Waals surface area contributed by atoms with Crippen molar-refractivity contribution in [2.75, 3.05) is 11.9 Å². The predicted octanol–water partition coefficient (Wildman–Crippen LogP) is 2.76. The first-order valence-corrected chi connectivity index (χ1v) is 9.32. The van der Waals surface area contributed by atoms with Crippen molar-refractivity contribution in [3.63, 3.8) is 0 Å². The summed E-state index contributed by atoms with van der Waals surface area (Å²) in [5.74, 6) is 1.44. The Kier molecular flexibility index (Phi) is 4.97. The summed E-state index contributed by atoms with van der Waals surface area (Å²) in [6.07, 6.45) is 4.27. The molecule has 0 atom stereocenters. The number of aryl methyl sites for hydroxylation is 1. The zero-order chi connectivity index (χ0) is 19.5. The van der Waals surface area contributed by atoms with Crippen molar-refractivity contribution in [2.24, 2.45) is 0 Å². The van der Waals surface area contributed by atoms with Gasteiger partial charge in [0.1, 0.15) is 11.5 Å². The average Bonchev–Trinajstić information content (AvgIpc) is 2.72. The monoisotopic (exact) mass is 374 g/mol. The molecule has 1 aliphatic heterocycles. The van der Waals surface area contributed by atoms with Crippen LogP contribution in [0, 0.1) is 6.92 Å². The second-order valence-electron chi connectivity index (χ2n) is 6.89. The highest BCUT2D eigenvalue weighted by molar-refractivity contribution is 5.74. The number of carbonyl (C=O) groups is 1. The van der Waals surface area contributed by atoms with Gasteiger partial charge in [0.2, 0.25) is 5.91 Å². The van der Waals surface area contributed by atoms with Gasteiger partial charge in [-0.15, -0.1) is 0 Å². The second-order valence-corrected chi connectivity index (χ2v) is 6.89. The molecule has 0 aromatic carbocycles. The van der Waals surface area contributed by atoms with Gasteiger partial charge in [0.05, 0.1) is 12.2 Å². The zero-order valence-corrected chi connectivity index (χ0v) is 16.0. The van der Waals surface area contributed by atoms with E-state index in [0.29, 0.717) is 31.2 Å². The molecule has 0 radical (unpaired) electrons. The quantitative estimate of drug-likeness (QED) is 0.756. The second kappa shape index (κ2) is 7.72. The van der Waals surface area contributed by atoms with Crippen molar-refractivity contribution in [2.45, 2.75) is 33.4 Å². The van der Waals surface area contributed by atoms with Gasteiger partial charge in [0, 0.05) is 43.7 Å². The molecule has 0 bridgehead atoms. The molecule has 0 saturated carbocycles. The lowest BCUT2D eigenvalue weighted by atomic mass is 10.0. The zero-order valence-electron chi connectivity index (χ0n) is 16.0. The van der Waals surface area contributed by atoms with E-state index in [1.165, 1.54) is 0 Å². The maximum absolute atomic E-state index is 11.8. The molecule has 1 amide bonds. The highest BCUT2D eigenvalue weighted by Gasteiger charge is 2.24. The first kappa shape index (κ1) is 18.0. The number of carbonyl (C=O) groups excluding carboxylic acids is 1. The van der Waals surface area contributed by atoms with E-state index in [1.807, 2.05) is 42.3 Å². The molecule has 28 heavy (non-hydrogen) atoms. The Hall–Kier alpha value is -3.35. The first-order valence-electron chi connectivity index (χ1n) is 9.32. The molecule has 4 heterocycles. The van der Waals surface area contributed by atoms with Crippen LogP contribution >= 0.6 is 0 Å². The van der Waals surface area contributed by atoms with Gasteiger partial charge < -0.3 is 10.2 Å². The number of anilines is 1. The van der Waals surface area contributed by atoms with Crippen LogP contribution < -0.4 is 5.32 Å². The summed E-state index contributed by atoms with van der Waals surface area (Å²) < 4.78 is 0. The fourth-order valence-electron chi connectivity index (χ4n) is 3.36. The Morgan fingerprint density at radius 1 is 1.18 bits per heavy atom. The summed E-state index contributed by atoms with van der Waals surface area (Å²) in [7, 11) is 0. The minimum Gasteiger partial charge on any atom is -0.366 e. The summed E-state index contributed by atoms with van der Waals surface area (Å²) in [5, 5.41) is 3.46. The van der Waals surface area contributed by atoms with E-state index in [0.717, 1.165) is 34.8 Å². The lowest BCUT2D eigenvalue weighted by molar-refractivity contribution is -0.129. The normalized spacial score (nSPS) is 13.1. The smallest absolute Gasteiger partial charge is 0.219 e. The standard InChI is InChI=1S/C21H22N6O/c1-14-11-16(6-9-22-14)12-24-20-17-7-10-27(15(2)28)13-19(17)25-21(26-20)18-5-3-4-8-23-18/h3-6,8-9,11H,7,10,12-13H2,1-2H3,(H,24,25,26). The molecule has 0 saturated heterocycles. The maximum Gasteiger partial charge on any atom is 0.219 e. The van der Waals surface area contributed by atoms with Gasteiger partial charge in [-0.25, -0.2) is 9.97 Å². The van der Waals surface area contributed by atoms with Gasteiger partial charge in [0.15, 0.2) is 5.82 Å². The third kappa shape index (κ3) is 3.83. The maximum atomic E-state index is 11.8. The molecule has 0 unspecified atom stereocenters. The lowest BCUT2D eigenvalue weighted by Gasteiger charge is -2.28. The molecule has 3 aromatic heterocycles. The van der Waals surface area contributed by atoms with Crippen molar-refractivity contribution < 1.29 is 4.79 Å². The molecular formula is C21H22N6O. The van der Waals surface area contributed by atoms with Gasteiger partial charge in [-0.1, -0.05) is 6.07 Å². The van der Waals surface area contributed by atoms with Gasteiger partial charge in [-0.2, -0.15) is 0 Å². The fraction of sp³-hybridized carbons (Fsp3) is 0.286. The molecule has 7 nitrogen and oxygen atoms in total. The van der Waals surface area contributed by atoms with Gasteiger partial charge in [0.25, 0.3) is 0 Å². The fourth-order valence-corrected chi connectivity index (χ4v) is 3.36. The molecule has 0 fully saturated rings. The third-order valence-electron chi connectivity index (χ3n) is 4.83. The number of hydrogen-bond donors (Lipinski definition) is 1. The lowest BCUT2D eigenvalue weighted by Crippen LogP contribution is -2.35. The molecule has 7 heteroatoms. The average molecular weight is 374 g/mol. The van der Waals surface area contributed by atoms with Crippen LogP contribution in [0.5, 0.6) is 0 Å². The highest BCUT2D eigenvalue weighted by Crippen LogP contribution is 2.27. The molecule has 1 aliphatic rings. The number of nitrogens with one attached hydrogen (secondary N) is 1. The van der Waals surface area contributed by atoms with Gasteiger partial charge >= 0.3 is 0 Å². The molecule has 3 aromatic rings. The van der Waals surface area contributed by atoms with E-state index in [9.17, 15) is 4.79 Å². The minimum absolute atomic E-state index is 0.0606. The Morgan fingerprint density at radius 3 is 2.82 bits per heavy atom. The Morgan fingerprint density at radius 2 is 2.07 bits per heavy atom. The van der Waals surface area contributed by atoms with Crippen LogP contribution in [0.2, 0.25) is 0 Å². The molecule has 4 rings (SSSR count). The Bertz CT molecular complexity index is 1010. The van der Waals surface area contributed by atoms with Gasteiger partial charge in [-0.3, -0.25) is 14.8 Å². The van der Waals surface area contributed by atoms with Crippen LogP contribution in [0.4, 0.5) is 5.82 Å². The Labute approximate surface area is 163 Å². The number of aromatic nitrogens is 4. The SMILES string of the molecule is CC(=O)N1CCc2c(nc(-c3ccccn3)nc2NCc2ccnc(C)c2)C1. The molecular weight excluding hydrogens is 352 g/mol. The topological polar surface area (TPSA) is 83.9 Å². The van der Waals surface area contributed by atoms with E-state index < -0.39 is 0 Å². The van der Waals surface area contributed by atoms with Crippen molar-refractivity contribution in [1.29, 1.82) is 0 Å². The number of pyridine rings is 2. The predicted molar refractivity (Wildman–Crippen MR) is 106 cm³/mol. The number of fused-ring (bicyclic) bond motifs is 1. The summed E-state index contributed by atoms with van der Waals surface area (Å²) in [6.45, 7) is 5.39. The van der Waals surface area contributed by atoms with Crippen molar-refractivity contribution in [1.82, 2.24) is 24.8 Å². The minimum atomic E-state index is 0.0606. The van der Waals surface area contributed by atoms with Crippen LogP contribution in [-0.2, 0) is 24.3 Å². The van der Waals surface area contributed by atoms with Crippen LogP contribution in [0.15, 0.2) is 42.7 Å². The van der Waals surface area contributed by atoms with Crippen LogP contribution in [0.25, 0.3) is 11.5 Å². The van der Waals surface area contributed by atoms with Crippen molar-refractivity contribution >= 4 is 11.7 Å². The molecule has 0 aliphatic carbocycles. The summed E-state index contributed by atoms with van der Waals surface area (Å²) in [4.78, 5) is 31.8. The van der Waals surface area contributed by atoms with E-state index in [4.69, 9.17) is 9.97 Å². The summed E-state index contributed by atoms with van der Waals surface area (Å²) in [5.41, 5.74) is 4.79. The van der Waals surface area contributed by atoms with Crippen LogP contribution in [-0.4, -0.2) is 37.3 Å². The van der Waals surface area contributed by atoms with Crippen LogP contribution in [0.3, 0.4) is 0 Å². The third-order valence-corrected chi connectivity index (χ3v) is 4.83. The number of hydrogen-bond acceptors (Lipinski definition) is 6. The van der Waals surface area contributed by atoms with Gasteiger partial charge in [-0.05, 0) is 43.2 Å². The number of amides is 1. The van der Waals surface area contributed by atoms with E-state index in [1.54, 1.807) is 13.1 Å². The highest BCUT2D eigenvalue weighted by atomic mass is 16.2. The van der Waals surface area contributed by atoms with Crippen LogP contribution in [0.1, 0.15) is 29.4 Å². The largest absolute Gasteiger partial charge is 0.366 e. The van der Waals surface area contributed by atoms with Crippen molar-refractivity contribution in [3.05, 3.63) is 65.2 Å². The van der Waals surface area contributed by atoms with Crippen molar-refractivity contribution in [3.8, 4) is 11.5 Å². The number of rotatable bonds is 4. The first-order chi connectivity index (χ1) is 13.6. The van der Waals surface area contributed by atoms with E-state index >= 15 is 0 Å².